The highest BCUT2D eigenvalue weighted by Gasteiger charge is 2.31. The maximum Gasteiger partial charge on any atom is 0.0361 e. The second-order valence-electron chi connectivity index (χ2n) is 8.45. The Labute approximate surface area is 183 Å². The average Bonchev–Trinajstić information content (AvgIpc) is 3.17. The predicted molar refractivity (Wildman–Crippen MR) is 131 cm³/mol. The van der Waals surface area contributed by atoms with Gasteiger partial charge in [0.1, 0.15) is 0 Å². The molecule has 0 fully saturated rings. The van der Waals surface area contributed by atoms with Crippen molar-refractivity contribution in [2.24, 2.45) is 0 Å². The van der Waals surface area contributed by atoms with E-state index in [4.69, 9.17) is 0 Å². The van der Waals surface area contributed by atoms with E-state index in [0.29, 0.717) is 0 Å². The van der Waals surface area contributed by atoms with Crippen LogP contribution in [0.2, 0.25) is 0 Å². The van der Waals surface area contributed by atoms with E-state index in [1.807, 2.05) is 0 Å². The van der Waals surface area contributed by atoms with Crippen LogP contribution in [0.25, 0.3) is 21.9 Å². The Kier molecular flexibility index (Phi) is 4.43. The Morgan fingerprint density at radius 2 is 1.10 bits per heavy atom. The lowest BCUT2D eigenvalue weighted by atomic mass is 9.82. The maximum atomic E-state index is 2.37. The summed E-state index contributed by atoms with van der Waals surface area (Å²) in [7, 11) is 0. The van der Waals surface area contributed by atoms with Crippen molar-refractivity contribution in [2.75, 3.05) is 0 Å². The highest BCUT2D eigenvalue weighted by molar-refractivity contribution is 5.91. The van der Waals surface area contributed by atoms with E-state index < -0.39 is 0 Å². The standard InChI is InChI=1S/C31H24/c1-2-10-22(11-3-1)18-19-24-21-20-23-12-4-5-13-25(23)30(24)31-28-16-8-6-14-26(28)27-15-7-9-17-29(27)31/h1-17,20-21,31H,18-19H2. The molecule has 148 valence electrons. The summed E-state index contributed by atoms with van der Waals surface area (Å²) >= 11 is 0. The largest absolute Gasteiger partial charge is 0.0622 e. The topological polar surface area (TPSA) is 0 Å². The van der Waals surface area contributed by atoms with Gasteiger partial charge in [0.05, 0.1) is 0 Å². The molecule has 0 spiro atoms. The molecule has 6 rings (SSSR count). The summed E-state index contributed by atoms with van der Waals surface area (Å²) in [6.45, 7) is 0. The normalized spacial score (nSPS) is 12.6. The number of hydrogen-bond donors (Lipinski definition) is 0. The zero-order valence-corrected chi connectivity index (χ0v) is 17.5. The molecule has 1 aliphatic rings. The third-order valence-corrected chi connectivity index (χ3v) is 6.71. The highest BCUT2D eigenvalue weighted by Crippen LogP contribution is 2.50. The molecule has 5 aromatic carbocycles. The number of benzene rings is 5. The van der Waals surface area contributed by atoms with Gasteiger partial charge in [0, 0.05) is 5.92 Å². The highest BCUT2D eigenvalue weighted by atomic mass is 14.3. The second-order valence-corrected chi connectivity index (χ2v) is 8.45. The number of hydrogen-bond acceptors (Lipinski definition) is 0. The Bertz CT molecular complexity index is 1330. The number of aryl methyl sites for hydroxylation is 2. The third kappa shape index (κ3) is 3.07. The lowest BCUT2D eigenvalue weighted by Crippen LogP contribution is -2.06. The first-order valence-corrected chi connectivity index (χ1v) is 11.1. The molecule has 0 aliphatic heterocycles. The van der Waals surface area contributed by atoms with Gasteiger partial charge in [-0.3, -0.25) is 0 Å². The van der Waals surface area contributed by atoms with Crippen molar-refractivity contribution in [2.45, 2.75) is 18.8 Å². The molecule has 0 aromatic heterocycles. The van der Waals surface area contributed by atoms with E-state index in [1.165, 1.54) is 49.7 Å². The smallest absolute Gasteiger partial charge is 0.0361 e. The summed E-state index contributed by atoms with van der Waals surface area (Å²) in [6, 6.07) is 42.3. The minimum atomic E-state index is 0.282. The van der Waals surface area contributed by atoms with Crippen LogP contribution in [0.4, 0.5) is 0 Å². The van der Waals surface area contributed by atoms with E-state index in [9.17, 15) is 0 Å². The van der Waals surface area contributed by atoms with Crippen molar-refractivity contribution < 1.29 is 0 Å². The lowest BCUT2D eigenvalue weighted by Gasteiger charge is -2.21. The Balaban J connectivity index is 1.56. The SMILES string of the molecule is c1ccc(CCc2ccc3ccccc3c2C2c3ccccc3-c3ccccc32)cc1. The van der Waals surface area contributed by atoms with Crippen molar-refractivity contribution in [3.05, 3.63) is 143 Å². The average molecular weight is 397 g/mol. The molecule has 5 aromatic rings. The fourth-order valence-electron chi connectivity index (χ4n) is 5.29. The molecule has 0 atom stereocenters. The number of rotatable bonds is 4. The molecule has 1 aliphatic carbocycles. The fraction of sp³-hybridized carbons (Fsp3) is 0.0968. The first kappa shape index (κ1) is 18.2. The maximum absolute atomic E-state index is 2.37. The minimum Gasteiger partial charge on any atom is -0.0622 e. The van der Waals surface area contributed by atoms with Crippen LogP contribution in [0.15, 0.2) is 115 Å². The molecular weight excluding hydrogens is 372 g/mol. The minimum absolute atomic E-state index is 0.282. The van der Waals surface area contributed by atoms with Gasteiger partial charge in [0.2, 0.25) is 0 Å². The third-order valence-electron chi connectivity index (χ3n) is 6.71. The molecular formula is C31H24. The zero-order chi connectivity index (χ0) is 20.6. The molecule has 0 radical (unpaired) electrons. The lowest BCUT2D eigenvalue weighted by molar-refractivity contribution is 0.914. The van der Waals surface area contributed by atoms with Crippen LogP contribution in [-0.2, 0) is 12.8 Å². The van der Waals surface area contributed by atoms with Crippen LogP contribution in [0.5, 0.6) is 0 Å². The van der Waals surface area contributed by atoms with E-state index in [2.05, 4.69) is 115 Å². The van der Waals surface area contributed by atoms with Gasteiger partial charge < -0.3 is 0 Å². The monoisotopic (exact) mass is 396 g/mol. The van der Waals surface area contributed by atoms with Gasteiger partial charge in [-0.05, 0) is 62.6 Å². The molecule has 0 nitrogen and oxygen atoms in total. The molecule has 0 bridgehead atoms. The zero-order valence-electron chi connectivity index (χ0n) is 17.5. The van der Waals surface area contributed by atoms with Crippen LogP contribution in [-0.4, -0.2) is 0 Å². The molecule has 0 saturated carbocycles. The summed E-state index contributed by atoms with van der Waals surface area (Å²) < 4.78 is 0. The van der Waals surface area contributed by atoms with Crippen molar-refractivity contribution in [3.63, 3.8) is 0 Å². The second kappa shape index (κ2) is 7.56. The van der Waals surface area contributed by atoms with Crippen LogP contribution >= 0.6 is 0 Å². The van der Waals surface area contributed by atoms with Crippen LogP contribution in [0.1, 0.15) is 33.7 Å². The Hall–Kier alpha value is -3.64. The van der Waals surface area contributed by atoms with Gasteiger partial charge in [0.15, 0.2) is 0 Å². The summed E-state index contributed by atoms with van der Waals surface area (Å²) in [5, 5.41) is 2.70. The van der Waals surface area contributed by atoms with E-state index in [1.54, 1.807) is 0 Å². The van der Waals surface area contributed by atoms with Crippen LogP contribution in [0.3, 0.4) is 0 Å². The van der Waals surface area contributed by atoms with E-state index >= 15 is 0 Å². The Morgan fingerprint density at radius 1 is 0.484 bits per heavy atom. The van der Waals surface area contributed by atoms with Gasteiger partial charge in [0.25, 0.3) is 0 Å². The molecule has 0 heterocycles. The summed E-state index contributed by atoms with van der Waals surface area (Å²) in [6.07, 6.45) is 2.10. The van der Waals surface area contributed by atoms with Gasteiger partial charge in [-0.2, -0.15) is 0 Å². The van der Waals surface area contributed by atoms with Crippen molar-refractivity contribution >= 4 is 10.8 Å². The fourth-order valence-corrected chi connectivity index (χ4v) is 5.29. The van der Waals surface area contributed by atoms with Gasteiger partial charge in [-0.25, -0.2) is 0 Å². The quantitative estimate of drug-likeness (QED) is 0.285. The van der Waals surface area contributed by atoms with Crippen LogP contribution < -0.4 is 0 Å². The molecule has 0 heteroatoms. The summed E-state index contributed by atoms with van der Waals surface area (Å²) in [5.74, 6) is 0.282. The summed E-state index contributed by atoms with van der Waals surface area (Å²) in [4.78, 5) is 0. The molecule has 31 heavy (non-hydrogen) atoms. The molecule has 0 saturated heterocycles. The predicted octanol–water partition coefficient (Wildman–Crippen LogP) is 7.79. The Morgan fingerprint density at radius 3 is 1.84 bits per heavy atom. The van der Waals surface area contributed by atoms with Crippen molar-refractivity contribution in [3.8, 4) is 11.1 Å². The van der Waals surface area contributed by atoms with Gasteiger partial charge in [-0.1, -0.05) is 115 Å². The molecule has 0 amide bonds. The van der Waals surface area contributed by atoms with Gasteiger partial charge in [-0.15, -0.1) is 0 Å². The molecule has 0 N–H and O–H groups in total. The summed E-state index contributed by atoms with van der Waals surface area (Å²) in [5.41, 5.74) is 9.96. The van der Waals surface area contributed by atoms with Crippen LogP contribution in [0, 0.1) is 0 Å². The molecule has 0 unspecified atom stereocenters. The first-order valence-electron chi connectivity index (χ1n) is 11.1. The van der Waals surface area contributed by atoms with Crippen molar-refractivity contribution in [1.82, 2.24) is 0 Å². The van der Waals surface area contributed by atoms with Crippen molar-refractivity contribution in [1.29, 1.82) is 0 Å². The number of fused-ring (bicyclic) bond motifs is 4. The van der Waals surface area contributed by atoms with E-state index in [-0.39, 0.29) is 5.92 Å². The van der Waals surface area contributed by atoms with E-state index in [0.717, 1.165) is 12.8 Å². The van der Waals surface area contributed by atoms with Gasteiger partial charge >= 0.3 is 0 Å². The first-order chi connectivity index (χ1) is 15.4.